The Balaban J connectivity index is 2.23. The molecule has 1 saturated carbocycles. The first kappa shape index (κ1) is 12.9. The molecule has 0 aromatic carbocycles. The zero-order chi connectivity index (χ0) is 12.3. The smallest absolute Gasteiger partial charge is 0.0834 e. The van der Waals surface area contributed by atoms with Gasteiger partial charge in [-0.2, -0.15) is 5.10 Å². The van der Waals surface area contributed by atoms with E-state index in [0.717, 1.165) is 11.6 Å². The van der Waals surface area contributed by atoms with E-state index in [0.29, 0.717) is 12.0 Å². The van der Waals surface area contributed by atoms with Crippen molar-refractivity contribution in [1.82, 2.24) is 15.1 Å². The molecule has 1 fully saturated rings. The van der Waals surface area contributed by atoms with Crippen molar-refractivity contribution < 1.29 is 0 Å². The van der Waals surface area contributed by atoms with Gasteiger partial charge in [-0.15, -0.1) is 0 Å². The first-order chi connectivity index (χ1) is 8.27. The van der Waals surface area contributed by atoms with E-state index in [1.807, 2.05) is 11.7 Å². The number of hydrogen-bond acceptors (Lipinski definition) is 2. The van der Waals surface area contributed by atoms with Crippen LogP contribution >= 0.6 is 11.6 Å². The van der Waals surface area contributed by atoms with Gasteiger partial charge in [0.25, 0.3) is 0 Å². The van der Waals surface area contributed by atoms with Gasteiger partial charge in [0.2, 0.25) is 0 Å². The van der Waals surface area contributed by atoms with E-state index in [1.165, 1.54) is 37.8 Å². The first-order valence-corrected chi connectivity index (χ1v) is 7.04. The third kappa shape index (κ3) is 2.66. The second kappa shape index (κ2) is 5.87. The number of aromatic nitrogens is 2. The summed E-state index contributed by atoms with van der Waals surface area (Å²) in [6.45, 7) is 2.99. The minimum Gasteiger partial charge on any atom is -0.311 e. The molecule has 17 heavy (non-hydrogen) atoms. The summed E-state index contributed by atoms with van der Waals surface area (Å²) in [4.78, 5) is 0. The monoisotopic (exact) mass is 255 g/mol. The predicted octanol–water partition coefficient (Wildman–Crippen LogP) is 3.40. The van der Waals surface area contributed by atoms with Crippen LogP contribution in [0.4, 0.5) is 0 Å². The molecule has 0 bridgehead atoms. The summed E-state index contributed by atoms with van der Waals surface area (Å²) in [6.07, 6.45) is 8.45. The van der Waals surface area contributed by atoms with Gasteiger partial charge in [-0.25, -0.2) is 0 Å². The normalized spacial score (nSPS) is 19.5. The lowest BCUT2D eigenvalue weighted by molar-refractivity contribution is 0.271. The van der Waals surface area contributed by atoms with Gasteiger partial charge in [0.1, 0.15) is 0 Å². The molecule has 0 spiro atoms. The van der Waals surface area contributed by atoms with Crippen molar-refractivity contribution in [3.63, 3.8) is 0 Å². The predicted molar refractivity (Wildman–Crippen MR) is 71.3 cm³/mol. The van der Waals surface area contributed by atoms with Crippen molar-refractivity contribution in [2.45, 2.75) is 51.6 Å². The van der Waals surface area contributed by atoms with Gasteiger partial charge in [-0.3, -0.25) is 4.68 Å². The van der Waals surface area contributed by atoms with Crippen LogP contribution in [-0.4, -0.2) is 16.8 Å². The Hall–Kier alpha value is -0.540. The van der Waals surface area contributed by atoms with E-state index in [-0.39, 0.29) is 0 Å². The Kier molecular flexibility index (Phi) is 4.46. The minimum atomic E-state index is 0.352. The van der Waals surface area contributed by atoms with Gasteiger partial charge in [0.15, 0.2) is 0 Å². The molecule has 1 unspecified atom stereocenters. The highest BCUT2D eigenvalue weighted by Crippen LogP contribution is 2.36. The summed E-state index contributed by atoms with van der Waals surface area (Å²) in [5.74, 6) is 0.702. The molecule has 0 aliphatic heterocycles. The van der Waals surface area contributed by atoms with Crippen LogP contribution in [0.2, 0.25) is 5.02 Å². The third-order valence-corrected chi connectivity index (χ3v) is 4.15. The van der Waals surface area contributed by atoms with Crippen LogP contribution in [0.25, 0.3) is 0 Å². The Labute approximate surface area is 109 Å². The number of hydrogen-bond donors (Lipinski definition) is 1. The van der Waals surface area contributed by atoms with Crippen molar-refractivity contribution in [1.29, 1.82) is 0 Å². The lowest BCUT2D eigenvalue weighted by Crippen LogP contribution is -2.29. The maximum absolute atomic E-state index is 6.29. The Morgan fingerprint density at radius 3 is 2.76 bits per heavy atom. The second-order valence-corrected chi connectivity index (χ2v) is 5.27. The van der Waals surface area contributed by atoms with Crippen LogP contribution in [0, 0.1) is 5.92 Å². The summed E-state index contributed by atoms with van der Waals surface area (Å²) in [7, 11) is 2.03. The molecule has 0 saturated heterocycles. The standard InChI is InChI=1S/C13H22ClN3/c1-3-17-13(11(14)9-16-17)12(15-2)10-7-5-4-6-8-10/h9-10,12,15H,3-8H2,1-2H3. The second-order valence-electron chi connectivity index (χ2n) is 4.86. The molecule has 4 heteroatoms. The highest BCUT2D eigenvalue weighted by Gasteiger charge is 2.28. The van der Waals surface area contributed by atoms with Crippen molar-refractivity contribution in [3.05, 3.63) is 16.9 Å². The lowest BCUT2D eigenvalue weighted by atomic mass is 9.82. The quantitative estimate of drug-likeness (QED) is 0.894. The molecule has 2 rings (SSSR count). The Morgan fingerprint density at radius 2 is 2.18 bits per heavy atom. The highest BCUT2D eigenvalue weighted by atomic mass is 35.5. The van der Waals surface area contributed by atoms with Crippen molar-refractivity contribution in [2.24, 2.45) is 5.92 Å². The van der Waals surface area contributed by atoms with Crippen LogP contribution in [0.15, 0.2) is 6.20 Å². The van der Waals surface area contributed by atoms with Crippen LogP contribution in [-0.2, 0) is 6.54 Å². The fraction of sp³-hybridized carbons (Fsp3) is 0.769. The molecule has 96 valence electrons. The average molecular weight is 256 g/mol. The summed E-state index contributed by atoms with van der Waals surface area (Å²) >= 11 is 6.29. The highest BCUT2D eigenvalue weighted by molar-refractivity contribution is 6.31. The van der Waals surface area contributed by atoms with Crippen LogP contribution in [0.3, 0.4) is 0 Å². The maximum Gasteiger partial charge on any atom is 0.0834 e. The van der Waals surface area contributed by atoms with Gasteiger partial charge in [-0.05, 0) is 32.7 Å². The molecule has 1 aliphatic carbocycles. The number of aryl methyl sites for hydroxylation is 1. The van der Waals surface area contributed by atoms with Crippen molar-refractivity contribution >= 4 is 11.6 Å². The molecular weight excluding hydrogens is 234 g/mol. The van der Waals surface area contributed by atoms with Crippen LogP contribution in [0.5, 0.6) is 0 Å². The first-order valence-electron chi connectivity index (χ1n) is 6.66. The molecule has 0 amide bonds. The zero-order valence-corrected chi connectivity index (χ0v) is 11.5. The Morgan fingerprint density at radius 1 is 1.47 bits per heavy atom. The minimum absolute atomic E-state index is 0.352. The van der Waals surface area contributed by atoms with Crippen LogP contribution < -0.4 is 5.32 Å². The fourth-order valence-corrected chi connectivity index (χ4v) is 3.26. The molecular formula is C13H22ClN3. The van der Waals surface area contributed by atoms with Gasteiger partial charge in [0.05, 0.1) is 23.0 Å². The van der Waals surface area contributed by atoms with Gasteiger partial charge in [-0.1, -0.05) is 30.9 Å². The molecule has 1 atom stereocenters. The summed E-state index contributed by atoms with van der Waals surface area (Å²) < 4.78 is 2.03. The zero-order valence-electron chi connectivity index (χ0n) is 10.7. The number of nitrogens with one attached hydrogen (secondary N) is 1. The molecule has 1 heterocycles. The molecule has 3 nitrogen and oxygen atoms in total. The van der Waals surface area contributed by atoms with Crippen molar-refractivity contribution in [2.75, 3.05) is 7.05 Å². The average Bonchev–Trinajstić information content (AvgIpc) is 2.74. The van der Waals surface area contributed by atoms with Gasteiger partial charge >= 0.3 is 0 Å². The number of halogens is 1. The number of rotatable bonds is 4. The SMILES string of the molecule is CCn1ncc(Cl)c1C(NC)C1CCCCC1. The van der Waals surface area contributed by atoms with Gasteiger partial charge < -0.3 is 5.32 Å². The van der Waals surface area contributed by atoms with Crippen LogP contribution in [0.1, 0.15) is 50.8 Å². The molecule has 1 aromatic heterocycles. The molecule has 1 aromatic rings. The summed E-state index contributed by atoms with van der Waals surface area (Å²) in [5, 5.41) is 8.59. The Bertz CT molecular complexity index is 356. The third-order valence-electron chi connectivity index (χ3n) is 3.86. The summed E-state index contributed by atoms with van der Waals surface area (Å²) in [6, 6.07) is 0.352. The molecule has 1 aliphatic rings. The lowest BCUT2D eigenvalue weighted by Gasteiger charge is -2.30. The topological polar surface area (TPSA) is 29.9 Å². The van der Waals surface area contributed by atoms with E-state index < -0.39 is 0 Å². The molecule has 0 radical (unpaired) electrons. The maximum atomic E-state index is 6.29. The van der Waals surface area contributed by atoms with E-state index in [4.69, 9.17) is 11.6 Å². The van der Waals surface area contributed by atoms with Crippen molar-refractivity contribution in [3.8, 4) is 0 Å². The number of nitrogens with zero attached hydrogens (tertiary/aromatic N) is 2. The summed E-state index contributed by atoms with van der Waals surface area (Å²) in [5.41, 5.74) is 1.17. The van der Waals surface area contributed by atoms with E-state index in [2.05, 4.69) is 17.3 Å². The van der Waals surface area contributed by atoms with E-state index in [9.17, 15) is 0 Å². The molecule has 1 N–H and O–H groups in total. The largest absolute Gasteiger partial charge is 0.311 e. The van der Waals surface area contributed by atoms with E-state index >= 15 is 0 Å². The van der Waals surface area contributed by atoms with E-state index in [1.54, 1.807) is 6.20 Å². The van der Waals surface area contributed by atoms with Gasteiger partial charge in [0, 0.05) is 6.54 Å². The fourth-order valence-electron chi connectivity index (χ4n) is 3.00.